The molecular weight excluding hydrogens is 314 g/mol. The van der Waals surface area contributed by atoms with Gasteiger partial charge in [-0.05, 0) is 31.2 Å². The van der Waals surface area contributed by atoms with Crippen LogP contribution in [-0.4, -0.2) is 30.3 Å². The molecule has 0 spiro atoms. The zero-order valence-electron chi connectivity index (χ0n) is 14.3. The molecule has 2 aromatic carbocycles. The summed E-state index contributed by atoms with van der Waals surface area (Å²) in [6.07, 6.45) is -0.171. The number of benzene rings is 2. The lowest BCUT2D eigenvalue weighted by atomic mass is 10.0. The summed E-state index contributed by atoms with van der Waals surface area (Å²) in [4.78, 5) is 24.9. The summed E-state index contributed by atoms with van der Waals surface area (Å²) in [6, 6.07) is 15.5. The summed E-state index contributed by atoms with van der Waals surface area (Å²) >= 11 is 0. The summed E-state index contributed by atoms with van der Waals surface area (Å²) in [5.41, 5.74) is 2.64. The number of hydrogen-bond donors (Lipinski definition) is 0. The van der Waals surface area contributed by atoms with E-state index in [4.69, 9.17) is 4.74 Å². The Morgan fingerprint density at radius 1 is 1.16 bits per heavy atom. The zero-order chi connectivity index (χ0) is 17.8. The molecule has 5 heteroatoms. The summed E-state index contributed by atoms with van der Waals surface area (Å²) in [7, 11) is 0. The first-order chi connectivity index (χ1) is 12.0. The molecule has 1 aliphatic heterocycles. The number of ether oxygens (including phenoxy) is 1. The van der Waals surface area contributed by atoms with Crippen LogP contribution in [0, 0.1) is 0 Å². The van der Waals surface area contributed by atoms with Gasteiger partial charge in [0.25, 0.3) is 0 Å². The number of rotatable bonds is 4. The van der Waals surface area contributed by atoms with E-state index in [1.54, 1.807) is 13.8 Å². The van der Waals surface area contributed by atoms with Gasteiger partial charge in [0.15, 0.2) is 0 Å². The third-order valence-electron chi connectivity index (χ3n) is 3.51. The fourth-order valence-electron chi connectivity index (χ4n) is 2.49. The molecule has 0 aliphatic carbocycles. The highest BCUT2D eigenvalue weighted by Gasteiger charge is 2.15. The highest BCUT2D eigenvalue weighted by atomic mass is 16.5. The SMILES string of the molecule is C=c1ccc2c(c1)C(c1ccccc1)=NC(=NCC(=O)OC(C)C)N=2. The predicted molar refractivity (Wildman–Crippen MR) is 98.4 cm³/mol. The van der Waals surface area contributed by atoms with Crippen LogP contribution in [0.3, 0.4) is 0 Å². The van der Waals surface area contributed by atoms with Crippen LogP contribution >= 0.6 is 0 Å². The second-order valence-electron chi connectivity index (χ2n) is 5.94. The van der Waals surface area contributed by atoms with Crippen LogP contribution in [0.15, 0.2) is 63.5 Å². The number of carbonyl (C=O) groups is 1. The summed E-state index contributed by atoms with van der Waals surface area (Å²) in [6.45, 7) is 7.47. The van der Waals surface area contributed by atoms with Crippen LogP contribution in [0.4, 0.5) is 0 Å². The van der Waals surface area contributed by atoms with Gasteiger partial charge in [-0.1, -0.05) is 43.0 Å². The third-order valence-corrected chi connectivity index (χ3v) is 3.51. The number of guanidine groups is 1. The first-order valence-electron chi connectivity index (χ1n) is 8.09. The minimum atomic E-state index is -0.395. The van der Waals surface area contributed by atoms with Crippen LogP contribution < -0.4 is 10.6 Å². The number of hydrogen-bond acceptors (Lipinski definition) is 3. The Morgan fingerprint density at radius 2 is 1.92 bits per heavy atom. The lowest BCUT2D eigenvalue weighted by Gasteiger charge is -2.12. The van der Waals surface area contributed by atoms with Crippen molar-refractivity contribution in [2.75, 3.05) is 6.54 Å². The van der Waals surface area contributed by atoms with Crippen molar-refractivity contribution in [3.05, 3.63) is 70.2 Å². The van der Waals surface area contributed by atoms with Gasteiger partial charge in [-0.15, -0.1) is 0 Å². The maximum Gasteiger partial charge on any atom is 0.328 e. The average molecular weight is 333 g/mol. The molecule has 0 aromatic heterocycles. The Hall–Kier alpha value is -3.08. The fraction of sp³-hybridized carbons (Fsp3) is 0.200. The van der Waals surface area contributed by atoms with Crippen LogP contribution in [0.1, 0.15) is 25.0 Å². The minimum absolute atomic E-state index is 0.106. The van der Waals surface area contributed by atoms with Crippen LogP contribution in [0.25, 0.3) is 6.58 Å². The van der Waals surface area contributed by atoms with Crippen molar-refractivity contribution < 1.29 is 9.53 Å². The molecule has 1 heterocycles. The maximum atomic E-state index is 11.7. The summed E-state index contributed by atoms with van der Waals surface area (Å²) < 4.78 is 5.09. The molecule has 1 aliphatic rings. The summed E-state index contributed by atoms with van der Waals surface area (Å²) in [5.74, 6) is -0.128. The minimum Gasteiger partial charge on any atom is -0.462 e. The second-order valence-corrected chi connectivity index (χ2v) is 5.94. The van der Waals surface area contributed by atoms with Gasteiger partial charge < -0.3 is 4.74 Å². The van der Waals surface area contributed by atoms with Gasteiger partial charge >= 0.3 is 5.97 Å². The molecule has 0 N–H and O–H groups in total. The predicted octanol–water partition coefficient (Wildman–Crippen LogP) is 1.88. The topological polar surface area (TPSA) is 63.4 Å². The van der Waals surface area contributed by atoms with E-state index < -0.39 is 5.97 Å². The first kappa shape index (κ1) is 16.8. The molecule has 0 bridgehead atoms. The molecule has 2 aromatic rings. The van der Waals surface area contributed by atoms with Crippen LogP contribution in [0.2, 0.25) is 0 Å². The highest BCUT2D eigenvalue weighted by Crippen LogP contribution is 2.10. The van der Waals surface area contributed by atoms with Crippen molar-refractivity contribution >= 4 is 24.2 Å². The van der Waals surface area contributed by atoms with E-state index in [-0.39, 0.29) is 18.6 Å². The van der Waals surface area contributed by atoms with E-state index in [1.165, 1.54) is 0 Å². The van der Waals surface area contributed by atoms with Gasteiger partial charge in [0, 0.05) is 11.1 Å². The normalized spacial score (nSPS) is 14.7. The molecular formula is C20H19N3O2. The molecule has 126 valence electrons. The van der Waals surface area contributed by atoms with Gasteiger partial charge in [-0.3, -0.25) is 4.79 Å². The average Bonchev–Trinajstić information content (AvgIpc) is 2.59. The van der Waals surface area contributed by atoms with Crippen molar-refractivity contribution in [2.24, 2.45) is 15.0 Å². The Bertz CT molecular complexity index is 960. The standard InChI is InChI=1S/C20H19N3O2/c1-13(2)25-18(24)12-21-20-22-17-10-9-14(3)11-16(17)19(23-20)15-7-5-4-6-8-15/h4-11,13H,3,12H2,1-2H3. The van der Waals surface area contributed by atoms with Crippen molar-refractivity contribution in [3.8, 4) is 0 Å². The number of aliphatic imine (C=N–C) groups is 2. The Morgan fingerprint density at radius 3 is 2.64 bits per heavy atom. The largest absolute Gasteiger partial charge is 0.462 e. The molecule has 0 radical (unpaired) electrons. The van der Waals surface area contributed by atoms with E-state index in [2.05, 4.69) is 21.6 Å². The number of carbonyl (C=O) groups excluding carboxylic acids is 1. The van der Waals surface area contributed by atoms with Gasteiger partial charge in [-0.25, -0.2) is 15.0 Å². The van der Waals surface area contributed by atoms with E-state index in [1.807, 2.05) is 48.5 Å². The monoisotopic (exact) mass is 333 g/mol. The maximum absolute atomic E-state index is 11.7. The van der Waals surface area contributed by atoms with E-state index in [9.17, 15) is 4.79 Å². The smallest absolute Gasteiger partial charge is 0.328 e. The van der Waals surface area contributed by atoms with Gasteiger partial charge in [0.05, 0.1) is 17.2 Å². The molecule has 3 rings (SSSR count). The van der Waals surface area contributed by atoms with E-state index in [0.29, 0.717) is 0 Å². The lowest BCUT2D eigenvalue weighted by Crippen LogP contribution is -2.26. The molecule has 0 unspecified atom stereocenters. The summed E-state index contributed by atoms with van der Waals surface area (Å²) in [5, 5.41) is 1.65. The first-order valence-corrected chi connectivity index (χ1v) is 8.09. The van der Waals surface area contributed by atoms with Gasteiger partial charge in [0.2, 0.25) is 5.96 Å². The third kappa shape index (κ3) is 4.07. The molecule has 0 atom stereocenters. The van der Waals surface area contributed by atoms with Crippen molar-refractivity contribution in [3.63, 3.8) is 0 Å². The fourth-order valence-corrected chi connectivity index (χ4v) is 2.49. The van der Waals surface area contributed by atoms with Crippen molar-refractivity contribution in [1.29, 1.82) is 0 Å². The van der Waals surface area contributed by atoms with Crippen LogP contribution in [0.5, 0.6) is 0 Å². The number of fused-ring (bicyclic) bond motifs is 1. The Labute approximate surface area is 146 Å². The molecule has 5 nitrogen and oxygen atoms in total. The Balaban J connectivity index is 2.02. The number of nitrogens with zero attached hydrogens (tertiary/aromatic N) is 3. The van der Waals surface area contributed by atoms with Gasteiger partial charge in [0.1, 0.15) is 6.54 Å². The van der Waals surface area contributed by atoms with Crippen molar-refractivity contribution in [1.82, 2.24) is 0 Å². The second kappa shape index (κ2) is 7.21. The van der Waals surface area contributed by atoms with Crippen molar-refractivity contribution in [2.45, 2.75) is 20.0 Å². The quantitative estimate of drug-likeness (QED) is 0.802. The van der Waals surface area contributed by atoms with E-state index in [0.717, 1.165) is 27.4 Å². The molecule has 0 saturated heterocycles. The van der Waals surface area contributed by atoms with E-state index >= 15 is 0 Å². The zero-order valence-corrected chi connectivity index (χ0v) is 14.3. The van der Waals surface area contributed by atoms with Gasteiger partial charge in [-0.2, -0.15) is 0 Å². The Kier molecular flexibility index (Phi) is 4.84. The molecule has 0 saturated carbocycles. The highest BCUT2D eigenvalue weighted by molar-refractivity contribution is 6.18. The lowest BCUT2D eigenvalue weighted by molar-refractivity contribution is -0.145. The molecule has 0 fully saturated rings. The number of esters is 1. The molecule has 0 amide bonds. The molecule has 25 heavy (non-hydrogen) atoms. The van der Waals surface area contributed by atoms with Crippen LogP contribution in [-0.2, 0) is 9.53 Å².